The van der Waals surface area contributed by atoms with Crippen LogP contribution in [0.1, 0.15) is 16.7 Å². The lowest BCUT2D eigenvalue weighted by molar-refractivity contribution is 0.809. The summed E-state index contributed by atoms with van der Waals surface area (Å²) in [6.45, 7) is 5.03. The second kappa shape index (κ2) is 6.37. The first-order chi connectivity index (χ1) is 9.51. The first kappa shape index (κ1) is 15.0. The van der Waals surface area contributed by atoms with Gasteiger partial charge in [0, 0.05) is 35.5 Å². The van der Waals surface area contributed by atoms with E-state index < -0.39 is 0 Å². The van der Waals surface area contributed by atoms with Gasteiger partial charge in [0.2, 0.25) is 0 Å². The average molecular weight is 334 g/mol. The maximum Gasteiger partial charge on any atom is 0.137 e. The van der Waals surface area contributed by atoms with Crippen LogP contribution < -0.4 is 10.2 Å². The molecule has 0 saturated carbocycles. The van der Waals surface area contributed by atoms with Gasteiger partial charge in [0.15, 0.2) is 0 Å². The molecule has 0 spiro atoms. The number of aromatic nitrogens is 1. The Labute approximate surface area is 129 Å². The lowest BCUT2D eigenvalue weighted by atomic mass is 10.1. The van der Waals surface area contributed by atoms with E-state index in [9.17, 15) is 0 Å². The predicted molar refractivity (Wildman–Crippen MR) is 88.7 cm³/mol. The summed E-state index contributed by atoms with van der Waals surface area (Å²) in [6, 6.07) is 8.65. The number of aryl methyl sites for hydroxylation is 2. The maximum absolute atomic E-state index is 4.57. The van der Waals surface area contributed by atoms with E-state index in [4.69, 9.17) is 0 Å². The third-order valence-corrected chi connectivity index (χ3v) is 3.62. The lowest BCUT2D eigenvalue weighted by Gasteiger charge is -2.22. The molecule has 0 unspecified atom stereocenters. The smallest absolute Gasteiger partial charge is 0.137 e. The molecule has 20 heavy (non-hydrogen) atoms. The zero-order chi connectivity index (χ0) is 14.7. The second-order valence-corrected chi connectivity index (χ2v) is 5.99. The third kappa shape index (κ3) is 3.38. The van der Waals surface area contributed by atoms with Gasteiger partial charge in [-0.2, -0.15) is 0 Å². The Kier molecular flexibility index (Phi) is 4.78. The highest BCUT2D eigenvalue weighted by Gasteiger charge is 2.12. The number of anilines is 2. The third-order valence-electron chi connectivity index (χ3n) is 3.19. The lowest BCUT2D eigenvalue weighted by Crippen LogP contribution is -2.16. The van der Waals surface area contributed by atoms with Crippen molar-refractivity contribution < 1.29 is 0 Å². The molecule has 0 saturated heterocycles. The first-order valence-corrected chi connectivity index (χ1v) is 7.41. The van der Waals surface area contributed by atoms with Gasteiger partial charge < -0.3 is 10.2 Å². The van der Waals surface area contributed by atoms with Crippen LogP contribution in [0.4, 0.5) is 11.5 Å². The SMILES string of the molecule is CNCc1cc(Br)cnc1N(C)c1cc(C)cc(C)c1. The van der Waals surface area contributed by atoms with Gasteiger partial charge in [-0.3, -0.25) is 0 Å². The Morgan fingerprint density at radius 2 is 1.80 bits per heavy atom. The highest BCUT2D eigenvalue weighted by Crippen LogP contribution is 2.28. The summed E-state index contributed by atoms with van der Waals surface area (Å²) in [6.07, 6.45) is 1.84. The topological polar surface area (TPSA) is 28.2 Å². The highest BCUT2D eigenvalue weighted by molar-refractivity contribution is 9.10. The molecule has 2 rings (SSSR count). The van der Waals surface area contributed by atoms with Gasteiger partial charge in [-0.15, -0.1) is 0 Å². The molecule has 4 heteroatoms. The van der Waals surface area contributed by atoms with E-state index in [0.717, 1.165) is 22.5 Å². The predicted octanol–water partition coefficient (Wildman–Crippen LogP) is 3.95. The van der Waals surface area contributed by atoms with Crippen LogP contribution in [0.3, 0.4) is 0 Å². The number of nitrogens with one attached hydrogen (secondary N) is 1. The fraction of sp³-hybridized carbons (Fsp3) is 0.312. The molecule has 3 nitrogen and oxygen atoms in total. The molecule has 0 bridgehead atoms. The van der Waals surface area contributed by atoms with Crippen molar-refractivity contribution in [2.75, 3.05) is 19.0 Å². The van der Waals surface area contributed by atoms with Crippen molar-refractivity contribution >= 4 is 27.4 Å². The van der Waals surface area contributed by atoms with E-state index in [0.29, 0.717) is 0 Å². The van der Waals surface area contributed by atoms with Crippen molar-refractivity contribution in [1.82, 2.24) is 10.3 Å². The number of pyridine rings is 1. The van der Waals surface area contributed by atoms with E-state index in [1.165, 1.54) is 16.7 Å². The number of hydrogen-bond acceptors (Lipinski definition) is 3. The maximum atomic E-state index is 4.57. The minimum absolute atomic E-state index is 0.789. The van der Waals surface area contributed by atoms with Gasteiger partial charge in [-0.25, -0.2) is 4.98 Å². The molecule has 106 valence electrons. The van der Waals surface area contributed by atoms with Crippen LogP contribution in [0.25, 0.3) is 0 Å². The van der Waals surface area contributed by atoms with E-state index in [2.05, 4.69) is 76.3 Å². The summed E-state index contributed by atoms with van der Waals surface area (Å²) in [5, 5.41) is 3.19. The van der Waals surface area contributed by atoms with Gasteiger partial charge in [-0.1, -0.05) is 6.07 Å². The fourth-order valence-electron chi connectivity index (χ4n) is 2.36. The first-order valence-electron chi connectivity index (χ1n) is 6.62. The normalized spacial score (nSPS) is 10.7. The van der Waals surface area contributed by atoms with Gasteiger partial charge in [0.05, 0.1) is 0 Å². The molecule has 0 aliphatic heterocycles. The summed E-state index contributed by atoms with van der Waals surface area (Å²) in [7, 11) is 4.01. The van der Waals surface area contributed by atoms with Crippen molar-refractivity contribution in [2.24, 2.45) is 0 Å². The molecule has 1 heterocycles. The number of rotatable bonds is 4. The van der Waals surface area contributed by atoms with Crippen molar-refractivity contribution in [3.63, 3.8) is 0 Å². The van der Waals surface area contributed by atoms with Crippen molar-refractivity contribution in [2.45, 2.75) is 20.4 Å². The number of hydrogen-bond donors (Lipinski definition) is 1. The molecular weight excluding hydrogens is 314 g/mol. The Morgan fingerprint density at radius 3 is 2.40 bits per heavy atom. The summed E-state index contributed by atoms with van der Waals surface area (Å²) in [5.74, 6) is 0.979. The molecule has 0 amide bonds. The molecule has 0 radical (unpaired) electrons. The fourth-order valence-corrected chi connectivity index (χ4v) is 2.74. The summed E-state index contributed by atoms with van der Waals surface area (Å²) >= 11 is 3.49. The molecule has 0 fully saturated rings. The summed E-state index contributed by atoms with van der Waals surface area (Å²) in [5.41, 5.74) is 4.86. The van der Waals surface area contributed by atoms with E-state index >= 15 is 0 Å². The van der Waals surface area contributed by atoms with Gasteiger partial charge in [-0.05, 0) is 66.2 Å². The van der Waals surface area contributed by atoms with Gasteiger partial charge >= 0.3 is 0 Å². The standard InChI is InChI=1S/C16H20BrN3/c1-11-5-12(2)7-15(6-11)20(4)16-13(9-18-3)8-14(17)10-19-16/h5-8,10,18H,9H2,1-4H3. The number of nitrogens with zero attached hydrogens (tertiary/aromatic N) is 2. The molecule has 2 aromatic rings. The van der Waals surface area contributed by atoms with E-state index in [-0.39, 0.29) is 0 Å². The van der Waals surface area contributed by atoms with Crippen LogP contribution in [-0.2, 0) is 6.54 Å². The zero-order valence-electron chi connectivity index (χ0n) is 12.4. The minimum atomic E-state index is 0.789. The van der Waals surface area contributed by atoms with Crippen molar-refractivity contribution in [3.05, 3.63) is 51.6 Å². The monoisotopic (exact) mass is 333 g/mol. The van der Waals surface area contributed by atoms with E-state index in [1.54, 1.807) is 0 Å². The van der Waals surface area contributed by atoms with Crippen LogP contribution in [0.2, 0.25) is 0 Å². The number of benzene rings is 1. The Balaban J connectivity index is 2.44. The average Bonchev–Trinajstić information content (AvgIpc) is 2.37. The van der Waals surface area contributed by atoms with Crippen LogP contribution in [0, 0.1) is 13.8 Å². The number of halogens is 1. The summed E-state index contributed by atoms with van der Waals surface area (Å²) in [4.78, 5) is 6.71. The van der Waals surface area contributed by atoms with Crippen LogP contribution >= 0.6 is 15.9 Å². The van der Waals surface area contributed by atoms with Crippen LogP contribution in [-0.4, -0.2) is 19.1 Å². The molecular formula is C16H20BrN3. The Bertz CT molecular complexity index is 590. The van der Waals surface area contributed by atoms with Crippen LogP contribution in [0.5, 0.6) is 0 Å². The second-order valence-electron chi connectivity index (χ2n) is 5.07. The molecule has 0 aliphatic carbocycles. The molecule has 0 atom stereocenters. The largest absolute Gasteiger partial charge is 0.329 e. The molecule has 0 aliphatic rings. The van der Waals surface area contributed by atoms with Crippen molar-refractivity contribution in [3.8, 4) is 0 Å². The Hall–Kier alpha value is -1.39. The van der Waals surface area contributed by atoms with Gasteiger partial charge in [0.1, 0.15) is 5.82 Å². The quantitative estimate of drug-likeness (QED) is 0.918. The van der Waals surface area contributed by atoms with Gasteiger partial charge in [0.25, 0.3) is 0 Å². The van der Waals surface area contributed by atoms with Crippen LogP contribution in [0.15, 0.2) is 34.9 Å². The zero-order valence-corrected chi connectivity index (χ0v) is 14.0. The minimum Gasteiger partial charge on any atom is -0.329 e. The molecule has 1 N–H and O–H groups in total. The molecule has 1 aromatic carbocycles. The highest BCUT2D eigenvalue weighted by atomic mass is 79.9. The molecule has 1 aromatic heterocycles. The van der Waals surface area contributed by atoms with Crippen molar-refractivity contribution in [1.29, 1.82) is 0 Å². The van der Waals surface area contributed by atoms with E-state index in [1.807, 2.05) is 13.2 Å². The Morgan fingerprint density at radius 1 is 1.15 bits per heavy atom. The summed E-state index contributed by atoms with van der Waals surface area (Å²) < 4.78 is 1.00.